The number of nitrogens with zero attached hydrogens (tertiary/aromatic N) is 3. The summed E-state index contributed by atoms with van der Waals surface area (Å²) in [6, 6.07) is 12.5. The van der Waals surface area contributed by atoms with Gasteiger partial charge >= 0.3 is 0 Å². The maximum absolute atomic E-state index is 13.5. The van der Waals surface area contributed by atoms with Crippen molar-refractivity contribution in [2.24, 2.45) is 0 Å². The smallest absolute Gasteiger partial charge is 0.261 e. The van der Waals surface area contributed by atoms with Crippen molar-refractivity contribution >= 4 is 28.9 Å². The van der Waals surface area contributed by atoms with Gasteiger partial charge in [-0.2, -0.15) is 0 Å². The maximum atomic E-state index is 13.5. The van der Waals surface area contributed by atoms with Crippen LogP contribution in [0.1, 0.15) is 39.1 Å². The first-order valence-corrected chi connectivity index (χ1v) is 14.0. The molecule has 1 unspecified atom stereocenters. The topological polar surface area (TPSA) is 144 Å². The predicted molar refractivity (Wildman–Crippen MR) is 161 cm³/mol. The van der Waals surface area contributed by atoms with Crippen LogP contribution in [0.25, 0.3) is 22.4 Å². The number of anilines is 1. The van der Waals surface area contributed by atoms with Crippen molar-refractivity contribution in [3.05, 3.63) is 75.7 Å². The highest BCUT2D eigenvalue weighted by Crippen LogP contribution is 2.27. The number of piperidine rings is 1. The number of H-pyrrole nitrogens is 2. The first-order chi connectivity index (χ1) is 20.2. The Balaban J connectivity index is 1.36. The normalized spacial score (nSPS) is 15.0. The molecular weight excluding hydrogens is 536 g/mol. The number of nitrogens with one attached hydrogen (secondary N) is 3. The fourth-order valence-electron chi connectivity index (χ4n) is 5.26. The second kappa shape index (κ2) is 12.6. The van der Waals surface area contributed by atoms with Crippen LogP contribution in [0.4, 0.5) is 5.69 Å². The molecule has 0 saturated carbocycles. The van der Waals surface area contributed by atoms with Gasteiger partial charge in [-0.25, -0.2) is 4.98 Å². The van der Waals surface area contributed by atoms with E-state index in [1.807, 2.05) is 31.2 Å². The molecule has 11 nitrogen and oxygen atoms in total. The highest BCUT2D eigenvalue weighted by molar-refractivity contribution is 6.05. The zero-order chi connectivity index (χ0) is 29.8. The van der Waals surface area contributed by atoms with Crippen LogP contribution in [0.2, 0.25) is 0 Å². The number of aryl methyl sites for hydroxylation is 1. The molecule has 220 valence electrons. The second-order valence-corrected chi connectivity index (χ2v) is 10.9. The van der Waals surface area contributed by atoms with Crippen LogP contribution in [0.15, 0.2) is 53.5 Å². The SMILES string of the molecule is Cc1cccc(OCC(O)CNc2cc[nH]c(=O)c2-c2nc3cc(C(=O)N(C)C4CCN(C)CC4)c(C=O)cc3[nH]2)c1. The number of aldehydes is 1. The van der Waals surface area contributed by atoms with Crippen LogP contribution in [0.3, 0.4) is 0 Å². The van der Waals surface area contributed by atoms with Crippen LogP contribution in [-0.4, -0.2) is 94.5 Å². The van der Waals surface area contributed by atoms with Gasteiger partial charge < -0.3 is 34.9 Å². The molecule has 4 aromatic rings. The number of fused-ring (bicyclic) bond motifs is 1. The van der Waals surface area contributed by atoms with E-state index in [0.717, 1.165) is 31.5 Å². The molecule has 1 aliphatic rings. The van der Waals surface area contributed by atoms with Crippen LogP contribution in [-0.2, 0) is 0 Å². The number of imidazole rings is 1. The molecule has 3 heterocycles. The molecule has 1 fully saturated rings. The number of aromatic amines is 2. The van der Waals surface area contributed by atoms with Crippen molar-refractivity contribution in [2.75, 3.05) is 45.7 Å². The van der Waals surface area contributed by atoms with E-state index in [9.17, 15) is 19.5 Å². The third kappa shape index (κ3) is 6.37. The fourth-order valence-corrected chi connectivity index (χ4v) is 5.26. The zero-order valence-corrected chi connectivity index (χ0v) is 24.0. The number of aliphatic hydroxyl groups excluding tert-OH is 1. The van der Waals surface area contributed by atoms with Gasteiger partial charge in [-0.1, -0.05) is 12.1 Å². The van der Waals surface area contributed by atoms with E-state index < -0.39 is 11.7 Å². The lowest BCUT2D eigenvalue weighted by Crippen LogP contribution is -2.44. The number of ether oxygens (including phenoxy) is 1. The fraction of sp³-hybridized carbons (Fsp3) is 0.355. The summed E-state index contributed by atoms with van der Waals surface area (Å²) in [5.74, 6) is 0.697. The van der Waals surface area contributed by atoms with Gasteiger partial charge in [0.25, 0.3) is 11.5 Å². The molecule has 2 aromatic heterocycles. The number of hydrogen-bond acceptors (Lipinski definition) is 8. The van der Waals surface area contributed by atoms with Crippen molar-refractivity contribution in [3.63, 3.8) is 0 Å². The number of aliphatic hydroxyl groups is 1. The third-order valence-electron chi connectivity index (χ3n) is 7.72. The van der Waals surface area contributed by atoms with E-state index in [1.54, 1.807) is 30.1 Å². The van der Waals surface area contributed by atoms with Crippen LogP contribution >= 0.6 is 0 Å². The van der Waals surface area contributed by atoms with Gasteiger partial charge in [0.15, 0.2) is 6.29 Å². The van der Waals surface area contributed by atoms with E-state index in [2.05, 4.69) is 32.2 Å². The van der Waals surface area contributed by atoms with Gasteiger partial charge in [0.2, 0.25) is 0 Å². The Bertz CT molecular complexity index is 1640. The summed E-state index contributed by atoms with van der Waals surface area (Å²) >= 11 is 0. The standard InChI is InChI=1S/C31H36N6O5/c1-19-5-4-6-23(13-19)42-18-22(39)16-33-25-7-10-32-30(40)28(25)29-34-26-14-20(17-38)24(15-27(26)35-29)31(41)37(3)21-8-11-36(2)12-9-21/h4-7,10,13-15,17,21-22,39H,8-9,11-12,16,18H2,1-3H3,(H,34,35)(H2,32,33,40). The Labute approximate surface area is 243 Å². The number of benzene rings is 2. The molecule has 0 bridgehead atoms. The third-order valence-corrected chi connectivity index (χ3v) is 7.72. The lowest BCUT2D eigenvalue weighted by atomic mass is 10.0. The maximum Gasteiger partial charge on any atom is 0.261 e. The Morgan fingerprint density at radius 2 is 2.05 bits per heavy atom. The Kier molecular flexibility index (Phi) is 8.69. The summed E-state index contributed by atoms with van der Waals surface area (Å²) in [5, 5.41) is 13.6. The first-order valence-electron chi connectivity index (χ1n) is 14.0. The molecule has 0 radical (unpaired) electrons. The Hall–Kier alpha value is -4.48. The van der Waals surface area contributed by atoms with Gasteiger partial charge in [-0.05, 0) is 75.8 Å². The molecule has 42 heavy (non-hydrogen) atoms. The van der Waals surface area contributed by atoms with E-state index in [4.69, 9.17) is 4.74 Å². The van der Waals surface area contributed by atoms with Gasteiger partial charge in [0.1, 0.15) is 29.8 Å². The zero-order valence-electron chi connectivity index (χ0n) is 24.0. The molecule has 0 spiro atoms. The number of likely N-dealkylation sites (tertiary alicyclic amines) is 1. The largest absolute Gasteiger partial charge is 0.491 e. The average Bonchev–Trinajstić information content (AvgIpc) is 3.40. The van der Waals surface area contributed by atoms with Crippen molar-refractivity contribution < 1.29 is 19.4 Å². The summed E-state index contributed by atoms with van der Waals surface area (Å²) < 4.78 is 5.69. The molecule has 5 rings (SSSR count). The van der Waals surface area contributed by atoms with Crippen molar-refractivity contribution in [2.45, 2.75) is 31.9 Å². The molecule has 0 aliphatic carbocycles. The summed E-state index contributed by atoms with van der Waals surface area (Å²) in [6.45, 7) is 3.97. The quantitative estimate of drug-likeness (QED) is 0.212. The minimum absolute atomic E-state index is 0.0664. The Morgan fingerprint density at radius 1 is 1.26 bits per heavy atom. The minimum atomic E-state index is -0.849. The lowest BCUT2D eigenvalue weighted by Gasteiger charge is -2.35. The molecule has 1 atom stereocenters. The number of rotatable bonds is 10. The number of amides is 1. The Morgan fingerprint density at radius 3 is 2.79 bits per heavy atom. The van der Waals surface area contributed by atoms with E-state index in [0.29, 0.717) is 28.8 Å². The van der Waals surface area contributed by atoms with E-state index in [1.165, 1.54) is 6.20 Å². The van der Waals surface area contributed by atoms with Crippen LogP contribution in [0.5, 0.6) is 5.75 Å². The lowest BCUT2D eigenvalue weighted by molar-refractivity contribution is 0.0657. The summed E-state index contributed by atoms with van der Waals surface area (Å²) in [6.07, 6.45) is 3.05. The molecule has 1 amide bonds. The molecular formula is C31H36N6O5. The number of aromatic nitrogens is 3. The molecule has 11 heteroatoms. The monoisotopic (exact) mass is 572 g/mol. The van der Waals surface area contributed by atoms with Crippen molar-refractivity contribution in [3.8, 4) is 17.1 Å². The number of hydrogen-bond donors (Lipinski definition) is 4. The average molecular weight is 573 g/mol. The minimum Gasteiger partial charge on any atom is -0.491 e. The van der Waals surface area contributed by atoms with E-state index in [-0.39, 0.29) is 47.6 Å². The summed E-state index contributed by atoms with van der Waals surface area (Å²) in [7, 11) is 3.84. The van der Waals surface area contributed by atoms with Gasteiger partial charge in [-0.3, -0.25) is 14.4 Å². The highest BCUT2D eigenvalue weighted by Gasteiger charge is 2.27. The van der Waals surface area contributed by atoms with Gasteiger partial charge in [-0.15, -0.1) is 0 Å². The molecule has 1 saturated heterocycles. The van der Waals surface area contributed by atoms with Crippen molar-refractivity contribution in [1.29, 1.82) is 0 Å². The molecule has 2 aromatic carbocycles. The number of pyridine rings is 1. The van der Waals surface area contributed by atoms with Crippen LogP contribution < -0.4 is 15.6 Å². The number of carbonyl (C=O) groups excluding carboxylic acids is 2. The first kappa shape index (κ1) is 29.0. The summed E-state index contributed by atoms with van der Waals surface area (Å²) in [5.41, 5.74) is 2.86. The van der Waals surface area contributed by atoms with Gasteiger partial charge in [0, 0.05) is 31.4 Å². The molecule has 1 aliphatic heterocycles. The predicted octanol–water partition coefficient (Wildman–Crippen LogP) is 3.06. The second-order valence-electron chi connectivity index (χ2n) is 10.9. The van der Waals surface area contributed by atoms with Crippen LogP contribution in [0, 0.1) is 6.92 Å². The summed E-state index contributed by atoms with van der Waals surface area (Å²) in [4.78, 5) is 52.7. The molecule has 4 N–H and O–H groups in total. The number of carbonyl (C=O) groups is 2. The highest BCUT2D eigenvalue weighted by atomic mass is 16.5. The van der Waals surface area contributed by atoms with Crippen molar-refractivity contribution in [1.82, 2.24) is 24.8 Å². The van der Waals surface area contributed by atoms with E-state index >= 15 is 0 Å². The van der Waals surface area contributed by atoms with Gasteiger partial charge in [0.05, 0.1) is 22.3 Å².